The molecule has 0 unspecified atom stereocenters. The third kappa shape index (κ3) is 2.44. The average Bonchev–Trinajstić information content (AvgIpc) is 2.07. The maximum Gasteiger partial charge on any atom is 0.416 e. The summed E-state index contributed by atoms with van der Waals surface area (Å²) in [6, 6.07) is 2.34. The van der Waals surface area contributed by atoms with Crippen molar-refractivity contribution in [2.75, 3.05) is 0 Å². The third-order valence-corrected chi connectivity index (χ3v) is 4.00. The van der Waals surface area contributed by atoms with Crippen molar-refractivity contribution >= 4 is 43.5 Å². The maximum absolute atomic E-state index is 12.5. The van der Waals surface area contributed by atoms with E-state index in [1.54, 1.807) is 0 Å². The SMILES string of the molecule is FC(F)(F)c1ccc(Br)c(Br)c1CCl. The second-order valence-corrected chi connectivity index (χ2v) is 4.43. The van der Waals surface area contributed by atoms with E-state index in [1.807, 2.05) is 0 Å². The normalized spacial score (nSPS) is 11.9. The molecule has 14 heavy (non-hydrogen) atoms. The lowest BCUT2D eigenvalue weighted by Crippen LogP contribution is -2.09. The van der Waals surface area contributed by atoms with Crippen LogP contribution in [0.5, 0.6) is 0 Å². The minimum Gasteiger partial charge on any atom is -0.166 e. The van der Waals surface area contributed by atoms with Crippen LogP contribution >= 0.6 is 43.5 Å². The summed E-state index contributed by atoms with van der Waals surface area (Å²) in [5, 5.41) is 0. The molecule has 1 aromatic carbocycles. The van der Waals surface area contributed by atoms with Crippen LogP contribution in [-0.4, -0.2) is 0 Å². The highest BCUT2D eigenvalue weighted by Gasteiger charge is 2.34. The zero-order valence-electron chi connectivity index (χ0n) is 6.63. The molecule has 0 aliphatic rings. The molecule has 0 bridgehead atoms. The molecule has 0 heterocycles. The molecular weight excluding hydrogens is 348 g/mol. The number of hydrogen-bond acceptors (Lipinski definition) is 0. The van der Waals surface area contributed by atoms with Crippen molar-refractivity contribution in [2.45, 2.75) is 12.1 Å². The fourth-order valence-corrected chi connectivity index (χ4v) is 2.29. The molecule has 1 aromatic rings. The molecule has 0 nitrogen and oxygen atoms in total. The molecule has 0 saturated carbocycles. The van der Waals surface area contributed by atoms with Gasteiger partial charge in [0.1, 0.15) is 0 Å². The van der Waals surface area contributed by atoms with Gasteiger partial charge in [-0.3, -0.25) is 0 Å². The van der Waals surface area contributed by atoms with Crippen LogP contribution in [0.1, 0.15) is 11.1 Å². The van der Waals surface area contributed by atoms with Crippen LogP contribution in [0.3, 0.4) is 0 Å². The molecule has 0 aliphatic carbocycles. The molecule has 1 rings (SSSR count). The van der Waals surface area contributed by atoms with Crippen molar-refractivity contribution < 1.29 is 13.2 Å². The largest absolute Gasteiger partial charge is 0.416 e. The molecule has 0 saturated heterocycles. The summed E-state index contributed by atoms with van der Waals surface area (Å²) < 4.78 is 38.3. The quantitative estimate of drug-likeness (QED) is 0.626. The van der Waals surface area contributed by atoms with Crippen molar-refractivity contribution in [1.82, 2.24) is 0 Å². The summed E-state index contributed by atoms with van der Waals surface area (Å²) in [7, 11) is 0. The van der Waals surface area contributed by atoms with E-state index >= 15 is 0 Å². The topological polar surface area (TPSA) is 0 Å². The van der Waals surface area contributed by atoms with Crippen LogP contribution in [-0.2, 0) is 12.1 Å². The lowest BCUT2D eigenvalue weighted by molar-refractivity contribution is -0.138. The standard InChI is InChI=1S/C8H4Br2ClF3/c9-6-2-1-5(8(12,13)14)4(3-11)7(6)10/h1-2H,3H2. The lowest BCUT2D eigenvalue weighted by atomic mass is 10.1. The van der Waals surface area contributed by atoms with E-state index < -0.39 is 11.7 Å². The molecular formula is C8H4Br2ClF3. The van der Waals surface area contributed by atoms with Crippen LogP contribution in [0.4, 0.5) is 13.2 Å². The summed E-state index contributed by atoms with van der Waals surface area (Å²) in [6.07, 6.45) is -4.37. The second-order valence-electron chi connectivity index (χ2n) is 2.52. The predicted molar refractivity (Wildman–Crippen MR) is 56.4 cm³/mol. The Bertz CT molecular complexity index is 349. The summed E-state index contributed by atoms with van der Waals surface area (Å²) in [4.78, 5) is 0. The van der Waals surface area contributed by atoms with Crippen LogP contribution < -0.4 is 0 Å². The van der Waals surface area contributed by atoms with Crippen molar-refractivity contribution in [3.05, 3.63) is 32.2 Å². The fraction of sp³-hybridized carbons (Fsp3) is 0.250. The van der Waals surface area contributed by atoms with Crippen molar-refractivity contribution in [2.24, 2.45) is 0 Å². The van der Waals surface area contributed by atoms with Gasteiger partial charge in [-0.05, 0) is 49.6 Å². The number of alkyl halides is 4. The number of benzene rings is 1. The van der Waals surface area contributed by atoms with Gasteiger partial charge < -0.3 is 0 Å². The minimum atomic E-state index is -4.37. The van der Waals surface area contributed by atoms with E-state index in [-0.39, 0.29) is 11.4 Å². The fourth-order valence-electron chi connectivity index (χ4n) is 0.989. The average molecular weight is 352 g/mol. The molecule has 0 aliphatic heterocycles. The van der Waals surface area contributed by atoms with Crippen LogP contribution in [0.15, 0.2) is 21.1 Å². The van der Waals surface area contributed by atoms with Gasteiger partial charge in [0.05, 0.1) is 5.56 Å². The van der Waals surface area contributed by atoms with E-state index in [0.717, 1.165) is 6.07 Å². The Morgan fingerprint density at radius 3 is 2.21 bits per heavy atom. The second kappa shape index (κ2) is 4.41. The highest BCUT2D eigenvalue weighted by molar-refractivity contribution is 9.13. The zero-order chi connectivity index (χ0) is 10.9. The van der Waals surface area contributed by atoms with Gasteiger partial charge >= 0.3 is 6.18 Å². The first-order valence-electron chi connectivity index (χ1n) is 3.48. The van der Waals surface area contributed by atoms with Crippen LogP contribution in [0.2, 0.25) is 0 Å². The Hall–Kier alpha value is 0.260. The molecule has 6 heteroatoms. The predicted octanol–water partition coefficient (Wildman–Crippen LogP) is 4.97. The first kappa shape index (κ1) is 12.3. The van der Waals surface area contributed by atoms with Gasteiger partial charge in [0.2, 0.25) is 0 Å². The molecule has 0 aromatic heterocycles. The number of halogens is 6. The molecule has 0 radical (unpaired) electrons. The highest BCUT2D eigenvalue weighted by Crippen LogP contribution is 2.38. The number of hydrogen-bond donors (Lipinski definition) is 0. The van der Waals surface area contributed by atoms with Gasteiger partial charge in [-0.25, -0.2) is 0 Å². The van der Waals surface area contributed by atoms with E-state index in [1.165, 1.54) is 6.07 Å². The Balaban J connectivity index is 3.39. The van der Waals surface area contributed by atoms with Gasteiger partial charge in [-0.1, -0.05) is 0 Å². The summed E-state index contributed by atoms with van der Waals surface area (Å²) in [5.74, 6) is -0.186. The maximum atomic E-state index is 12.5. The van der Waals surface area contributed by atoms with E-state index in [9.17, 15) is 13.2 Å². The molecule has 0 amide bonds. The van der Waals surface area contributed by atoms with Gasteiger partial charge in [0, 0.05) is 14.8 Å². The van der Waals surface area contributed by atoms with Gasteiger partial charge in [0.15, 0.2) is 0 Å². The Morgan fingerprint density at radius 1 is 1.21 bits per heavy atom. The van der Waals surface area contributed by atoms with Crippen molar-refractivity contribution in [3.8, 4) is 0 Å². The van der Waals surface area contributed by atoms with Gasteiger partial charge in [-0.2, -0.15) is 13.2 Å². The van der Waals surface area contributed by atoms with Crippen molar-refractivity contribution in [3.63, 3.8) is 0 Å². The van der Waals surface area contributed by atoms with Crippen molar-refractivity contribution in [1.29, 1.82) is 0 Å². The van der Waals surface area contributed by atoms with Crippen LogP contribution in [0, 0.1) is 0 Å². The molecule has 78 valence electrons. The highest BCUT2D eigenvalue weighted by atomic mass is 79.9. The molecule has 0 N–H and O–H groups in total. The lowest BCUT2D eigenvalue weighted by Gasteiger charge is -2.13. The molecule has 0 atom stereocenters. The Labute approximate surface area is 101 Å². The first-order chi connectivity index (χ1) is 6.38. The molecule has 0 spiro atoms. The van der Waals surface area contributed by atoms with Gasteiger partial charge in [0.25, 0.3) is 0 Å². The summed E-state index contributed by atoms with van der Waals surface area (Å²) in [5.41, 5.74) is -0.656. The Kier molecular flexibility index (Phi) is 3.88. The molecule has 0 fully saturated rings. The Morgan fingerprint density at radius 2 is 1.79 bits per heavy atom. The third-order valence-electron chi connectivity index (χ3n) is 1.64. The van der Waals surface area contributed by atoms with E-state index in [4.69, 9.17) is 11.6 Å². The first-order valence-corrected chi connectivity index (χ1v) is 5.60. The summed E-state index contributed by atoms with van der Waals surface area (Å²) in [6.45, 7) is 0. The minimum absolute atomic E-state index is 0.0496. The zero-order valence-corrected chi connectivity index (χ0v) is 10.6. The van der Waals surface area contributed by atoms with Gasteiger partial charge in [-0.15, -0.1) is 11.6 Å². The summed E-state index contributed by atoms with van der Waals surface area (Å²) >= 11 is 11.6. The smallest absolute Gasteiger partial charge is 0.166 e. The van der Waals surface area contributed by atoms with E-state index in [2.05, 4.69) is 31.9 Å². The number of rotatable bonds is 1. The monoisotopic (exact) mass is 350 g/mol. The van der Waals surface area contributed by atoms with Crippen LogP contribution in [0.25, 0.3) is 0 Å². The van der Waals surface area contributed by atoms with E-state index in [0.29, 0.717) is 8.95 Å².